The summed E-state index contributed by atoms with van der Waals surface area (Å²) in [5.41, 5.74) is 6.90. The van der Waals surface area contributed by atoms with E-state index in [2.05, 4.69) is 9.97 Å². The van der Waals surface area contributed by atoms with Crippen LogP contribution in [0.5, 0.6) is 0 Å². The summed E-state index contributed by atoms with van der Waals surface area (Å²) < 4.78 is 14.5. The fourth-order valence-corrected chi connectivity index (χ4v) is 2.35. The monoisotopic (exact) mass is 317 g/mol. The van der Waals surface area contributed by atoms with Crippen molar-refractivity contribution in [2.45, 2.75) is 6.54 Å². The molecule has 2 N–H and O–H groups in total. The van der Waals surface area contributed by atoms with Crippen LogP contribution >= 0.6 is 0 Å². The second kappa shape index (κ2) is 5.68. The molecule has 0 radical (unpaired) electrons. The van der Waals surface area contributed by atoms with E-state index in [1.807, 2.05) is 6.07 Å². The lowest BCUT2D eigenvalue weighted by Gasteiger charge is -2.07. The summed E-state index contributed by atoms with van der Waals surface area (Å²) in [4.78, 5) is 8.16. The van der Waals surface area contributed by atoms with Crippen LogP contribution in [0, 0.1) is 39.8 Å². The Morgan fingerprint density at radius 2 is 1.62 bits per heavy atom. The third kappa shape index (κ3) is 2.27. The highest BCUT2D eigenvalue weighted by molar-refractivity contribution is 5.87. The highest BCUT2D eigenvalue weighted by Crippen LogP contribution is 2.27. The van der Waals surface area contributed by atoms with Gasteiger partial charge in [0.15, 0.2) is 17.0 Å². The first-order chi connectivity index (χ1) is 11.6. The number of rotatable bonds is 2. The Balaban J connectivity index is 2.26. The lowest BCUT2D eigenvalue weighted by molar-refractivity contribution is 0.626. The first-order valence-electron chi connectivity index (χ1n) is 6.73. The van der Waals surface area contributed by atoms with Crippen LogP contribution in [0.25, 0.3) is 11.2 Å². The van der Waals surface area contributed by atoms with E-state index in [-0.39, 0.29) is 46.3 Å². The summed E-state index contributed by atoms with van der Waals surface area (Å²) in [6, 6.07) is 11.3. The molecule has 0 unspecified atom stereocenters. The van der Waals surface area contributed by atoms with Gasteiger partial charge in [0.05, 0.1) is 6.54 Å². The maximum atomic E-state index is 13.0. The molecule has 1 aromatic carbocycles. The van der Waals surface area contributed by atoms with Gasteiger partial charge in [0.25, 0.3) is 0 Å². The predicted molar refractivity (Wildman–Crippen MR) is 81.6 cm³/mol. The van der Waals surface area contributed by atoms with Gasteiger partial charge in [0, 0.05) is 0 Å². The van der Waals surface area contributed by atoms with E-state index in [1.54, 1.807) is 24.3 Å². The summed E-state index contributed by atoms with van der Waals surface area (Å²) in [6.45, 7) is 0.218. The lowest BCUT2D eigenvalue weighted by Crippen LogP contribution is -2.06. The van der Waals surface area contributed by atoms with Crippen molar-refractivity contribution < 1.29 is 4.39 Å². The molecule has 0 aliphatic rings. The molecule has 0 aliphatic heterocycles. The van der Waals surface area contributed by atoms with E-state index in [0.29, 0.717) is 0 Å². The van der Waals surface area contributed by atoms with Crippen LogP contribution in [-0.4, -0.2) is 14.5 Å². The SMILES string of the molecule is N#Cc1nc2c(C#N)c(N)n(Cc3ccc(F)cc3)c2nc1C#N. The molecular formula is C16H8FN7. The normalized spacial score (nSPS) is 10.1. The van der Waals surface area contributed by atoms with E-state index in [4.69, 9.17) is 16.3 Å². The van der Waals surface area contributed by atoms with Gasteiger partial charge in [-0.2, -0.15) is 15.8 Å². The van der Waals surface area contributed by atoms with E-state index >= 15 is 0 Å². The minimum atomic E-state index is -0.368. The summed E-state index contributed by atoms with van der Waals surface area (Å²) >= 11 is 0. The molecule has 7 nitrogen and oxygen atoms in total. The Hall–Kier alpha value is -3.96. The Kier molecular flexibility index (Phi) is 3.54. The van der Waals surface area contributed by atoms with Crippen molar-refractivity contribution in [1.29, 1.82) is 15.8 Å². The number of halogens is 1. The fourth-order valence-electron chi connectivity index (χ4n) is 2.35. The molecule has 0 aliphatic carbocycles. The zero-order valence-corrected chi connectivity index (χ0v) is 12.2. The topological polar surface area (TPSA) is 128 Å². The molecule has 3 rings (SSSR count). The Morgan fingerprint density at radius 1 is 1.00 bits per heavy atom. The number of aromatic nitrogens is 3. The average molecular weight is 317 g/mol. The number of nitrogens with zero attached hydrogens (tertiary/aromatic N) is 6. The van der Waals surface area contributed by atoms with Gasteiger partial charge in [0.1, 0.15) is 40.9 Å². The Morgan fingerprint density at radius 3 is 2.21 bits per heavy atom. The number of hydrogen-bond acceptors (Lipinski definition) is 6. The van der Waals surface area contributed by atoms with Gasteiger partial charge < -0.3 is 10.3 Å². The van der Waals surface area contributed by atoms with Gasteiger partial charge in [-0.3, -0.25) is 0 Å². The van der Waals surface area contributed by atoms with Gasteiger partial charge in [-0.15, -0.1) is 0 Å². The number of hydrogen-bond donors (Lipinski definition) is 1. The first kappa shape index (κ1) is 15.0. The van der Waals surface area contributed by atoms with Crippen LogP contribution in [-0.2, 0) is 6.54 Å². The molecule has 114 valence electrons. The number of nitriles is 3. The Labute approximate surface area is 135 Å². The molecule has 0 saturated heterocycles. The van der Waals surface area contributed by atoms with Crippen LogP contribution in [0.3, 0.4) is 0 Å². The van der Waals surface area contributed by atoms with Crippen molar-refractivity contribution in [2.75, 3.05) is 5.73 Å². The van der Waals surface area contributed by atoms with Crippen LogP contribution in [0.15, 0.2) is 24.3 Å². The van der Waals surface area contributed by atoms with Crippen molar-refractivity contribution in [3.8, 4) is 18.2 Å². The van der Waals surface area contributed by atoms with Crippen molar-refractivity contribution in [3.05, 3.63) is 52.6 Å². The van der Waals surface area contributed by atoms with Crippen molar-refractivity contribution in [3.63, 3.8) is 0 Å². The highest BCUT2D eigenvalue weighted by atomic mass is 19.1. The highest BCUT2D eigenvalue weighted by Gasteiger charge is 2.20. The average Bonchev–Trinajstić information content (AvgIpc) is 2.86. The van der Waals surface area contributed by atoms with Crippen LogP contribution in [0.1, 0.15) is 22.5 Å². The largest absolute Gasteiger partial charge is 0.384 e. The van der Waals surface area contributed by atoms with Gasteiger partial charge in [-0.25, -0.2) is 14.4 Å². The second-order valence-electron chi connectivity index (χ2n) is 4.90. The maximum absolute atomic E-state index is 13.0. The molecular weight excluding hydrogens is 309 g/mol. The summed E-state index contributed by atoms with van der Waals surface area (Å²) in [6.07, 6.45) is 0. The minimum absolute atomic E-state index is 0.0839. The smallest absolute Gasteiger partial charge is 0.179 e. The van der Waals surface area contributed by atoms with E-state index in [0.717, 1.165) is 5.56 Å². The Bertz CT molecular complexity index is 1080. The molecule has 0 fully saturated rings. The van der Waals surface area contributed by atoms with Crippen molar-refractivity contribution in [1.82, 2.24) is 14.5 Å². The first-order valence-corrected chi connectivity index (χ1v) is 6.73. The summed E-state index contributed by atoms with van der Waals surface area (Å²) in [7, 11) is 0. The van der Waals surface area contributed by atoms with Crippen LogP contribution in [0.2, 0.25) is 0 Å². The molecule has 2 aromatic heterocycles. The van der Waals surface area contributed by atoms with Crippen molar-refractivity contribution >= 4 is 17.0 Å². The molecule has 0 saturated carbocycles. The molecule has 0 bridgehead atoms. The van der Waals surface area contributed by atoms with E-state index in [1.165, 1.54) is 16.7 Å². The number of nitrogen functional groups attached to an aromatic ring is 1. The molecule has 0 spiro atoms. The number of anilines is 1. The number of benzene rings is 1. The standard InChI is InChI=1S/C16H8FN7/c17-10-3-1-9(2-4-10)8-24-15(21)11(5-18)14-16(24)23-13(7-20)12(6-19)22-14/h1-4H,8,21H2. The molecule has 0 atom stereocenters. The molecule has 3 aromatic rings. The lowest BCUT2D eigenvalue weighted by atomic mass is 10.2. The zero-order chi connectivity index (χ0) is 17.3. The van der Waals surface area contributed by atoms with Crippen LogP contribution in [0.4, 0.5) is 10.2 Å². The van der Waals surface area contributed by atoms with Crippen LogP contribution < -0.4 is 5.73 Å². The molecule has 0 amide bonds. The zero-order valence-electron chi connectivity index (χ0n) is 12.2. The number of nitrogens with two attached hydrogens (primary N) is 1. The van der Waals surface area contributed by atoms with Gasteiger partial charge >= 0.3 is 0 Å². The predicted octanol–water partition coefficient (Wildman–Crippen LogP) is 1.82. The summed E-state index contributed by atoms with van der Waals surface area (Å²) in [5.74, 6) is -0.247. The molecule has 8 heteroatoms. The molecule has 2 heterocycles. The van der Waals surface area contributed by atoms with Crippen molar-refractivity contribution in [2.24, 2.45) is 0 Å². The van der Waals surface area contributed by atoms with Gasteiger partial charge in [0.2, 0.25) is 0 Å². The summed E-state index contributed by atoms with van der Waals surface area (Å²) in [5, 5.41) is 27.5. The third-order valence-electron chi connectivity index (χ3n) is 3.49. The molecule has 24 heavy (non-hydrogen) atoms. The van der Waals surface area contributed by atoms with Gasteiger partial charge in [-0.1, -0.05) is 12.1 Å². The quantitative estimate of drug-likeness (QED) is 0.767. The van der Waals surface area contributed by atoms with E-state index < -0.39 is 0 Å². The maximum Gasteiger partial charge on any atom is 0.179 e. The van der Waals surface area contributed by atoms with E-state index in [9.17, 15) is 9.65 Å². The fraction of sp³-hybridized carbons (Fsp3) is 0.0625. The second-order valence-corrected chi connectivity index (χ2v) is 4.90. The number of fused-ring (bicyclic) bond motifs is 1. The van der Waals surface area contributed by atoms with Gasteiger partial charge in [-0.05, 0) is 17.7 Å². The minimum Gasteiger partial charge on any atom is -0.384 e. The third-order valence-corrected chi connectivity index (χ3v) is 3.49.